The van der Waals surface area contributed by atoms with Crippen molar-refractivity contribution in [3.8, 4) is 5.82 Å². The van der Waals surface area contributed by atoms with Crippen LogP contribution in [0.25, 0.3) is 5.82 Å². The van der Waals surface area contributed by atoms with Gasteiger partial charge in [0.2, 0.25) is 5.91 Å². The van der Waals surface area contributed by atoms with Crippen LogP contribution in [0.1, 0.15) is 62.9 Å². The van der Waals surface area contributed by atoms with Crippen molar-refractivity contribution in [3.05, 3.63) is 36.3 Å². The fraction of sp³-hybridized carbons (Fsp3) is 0.619. The first-order valence-corrected chi connectivity index (χ1v) is 10.5. The molecule has 2 saturated heterocycles. The number of hydrogen-bond acceptors (Lipinski definition) is 5. The Bertz CT molecular complexity index is 811. The third-order valence-electron chi connectivity index (χ3n) is 5.81. The van der Waals surface area contributed by atoms with E-state index < -0.39 is 0 Å². The molecule has 7 nitrogen and oxygen atoms in total. The first-order chi connectivity index (χ1) is 13.6. The minimum absolute atomic E-state index is 0.276. The quantitative estimate of drug-likeness (QED) is 0.795. The molecule has 2 aliphatic heterocycles. The number of aromatic nitrogens is 4. The number of carbonyl (C=O) groups is 1. The van der Waals surface area contributed by atoms with E-state index in [1.165, 1.54) is 0 Å². The molecule has 0 N–H and O–H groups in total. The lowest BCUT2D eigenvalue weighted by molar-refractivity contribution is -0.131. The topological polar surface area (TPSA) is 67.2 Å². The number of rotatable bonds is 5. The highest BCUT2D eigenvalue weighted by Crippen LogP contribution is 2.26. The highest BCUT2D eigenvalue weighted by molar-refractivity contribution is 5.78. The van der Waals surface area contributed by atoms with Gasteiger partial charge in [-0.15, -0.1) is 0 Å². The number of amides is 1. The van der Waals surface area contributed by atoms with Crippen LogP contribution in [0.3, 0.4) is 0 Å². The normalized spacial score (nSPS) is 20.8. The lowest BCUT2D eigenvalue weighted by Gasteiger charge is -2.33. The Kier molecular flexibility index (Phi) is 5.71. The maximum absolute atomic E-state index is 12.5. The maximum Gasteiger partial charge on any atom is 0.236 e. The Balaban J connectivity index is 1.46. The zero-order valence-electron chi connectivity index (χ0n) is 16.9. The van der Waals surface area contributed by atoms with Crippen LogP contribution in [0.2, 0.25) is 0 Å². The largest absolute Gasteiger partial charge is 0.342 e. The van der Waals surface area contributed by atoms with Crippen molar-refractivity contribution in [1.29, 1.82) is 0 Å². The summed E-state index contributed by atoms with van der Waals surface area (Å²) in [5.41, 5.74) is 1.01. The minimum atomic E-state index is 0.276. The van der Waals surface area contributed by atoms with Gasteiger partial charge in [0.15, 0.2) is 5.82 Å². The average molecular weight is 383 g/mol. The summed E-state index contributed by atoms with van der Waals surface area (Å²) in [7, 11) is 0. The fourth-order valence-corrected chi connectivity index (χ4v) is 4.32. The molecular weight excluding hydrogens is 352 g/mol. The van der Waals surface area contributed by atoms with Crippen LogP contribution in [0.4, 0.5) is 0 Å². The number of carbonyl (C=O) groups excluding carboxylic acids is 1. The highest BCUT2D eigenvalue weighted by Gasteiger charge is 2.27. The van der Waals surface area contributed by atoms with Crippen molar-refractivity contribution >= 4 is 5.91 Å². The van der Waals surface area contributed by atoms with Gasteiger partial charge in [-0.05, 0) is 32.2 Å². The van der Waals surface area contributed by atoms with Gasteiger partial charge in [-0.25, -0.2) is 9.97 Å². The van der Waals surface area contributed by atoms with E-state index in [1.54, 1.807) is 6.20 Å². The summed E-state index contributed by atoms with van der Waals surface area (Å²) in [4.78, 5) is 30.6. The number of likely N-dealkylation sites (tertiary alicyclic amines) is 2. The molecule has 0 radical (unpaired) electrons. The molecule has 28 heavy (non-hydrogen) atoms. The molecule has 0 aliphatic carbocycles. The lowest BCUT2D eigenvalue weighted by Crippen LogP contribution is -2.43. The first kappa shape index (κ1) is 19.1. The second-order valence-electron chi connectivity index (χ2n) is 8.27. The van der Waals surface area contributed by atoms with E-state index in [-0.39, 0.29) is 5.91 Å². The summed E-state index contributed by atoms with van der Waals surface area (Å²) in [6, 6.07) is 0. The summed E-state index contributed by atoms with van der Waals surface area (Å²) >= 11 is 0. The standard InChI is InChI=1S/C21H30N6O/c1-16(2)21-23-7-11-27(21)19-13-22-12-18(24-19)17-6-5-8-25(14-17)15-20(28)26-9-3-4-10-26/h7,11-13,16-17H,3-6,8-10,14-15H2,1-2H3/t17-/m1/s1. The summed E-state index contributed by atoms with van der Waals surface area (Å²) in [5.74, 6) is 2.73. The van der Waals surface area contributed by atoms with Crippen molar-refractivity contribution in [1.82, 2.24) is 29.3 Å². The van der Waals surface area contributed by atoms with E-state index >= 15 is 0 Å². The number of imidazole rings is 1. The zero-order valence-corrected chi connectivity index (χ0v) is 16.9. The molecule has 4 heterocycles. The van der Waals surface area contributed by atoms with Gasteiger partial charge in [0.05, 0.1) is 18.4 Å². The van der Waals surface area contributed by atoms with Crippen LogP contribution in [-0.4, -0.2) is 67.9 Å². The first-order valence-electron chi connectivity index (χ1n) is 10.5. The fourth-order valence-electron chi connectivity index (χ4n) is 4.32. The van der Waals surface area contributed by atoms with Gasteiger partial charge in [0.1, 0.15) is 5.82 Å². The van der Waals surface area contributed by atoms with Gasteiger partial charge in [0.25, 0.3) is 0 Å². The third-order valence-corrected chi connectivity index (χ3v) is 5.81. The van der Waals surface area contributed by atoms with Crippen molar-refractivity contribution in [2.45, 2.75) is 51.4 Å². The van der Waals surface area contributed by atoms with Gasteiger partial charge in [-0.2, -0.15) is 0 Å². The minimum Gasteiger partial charge on any atom is -0.342 e. The van der Waals surface area contributed by atoms with Crippen LogP contribution < -0.4 is 0 Å². The van der Waals surface area contributed by atoms with Gasteiger partial charge in [0, 0.05) is 50.1 Å². The number of hydrogen-bond donors (Lipinski definition) is 0. The lowest BCUT2D eigenvalue weighted by atomic mass is 9.95. The predicted molar refractivity (Wildman–Crippen MR) is 107 cm³/mol. The Morgan fingerprint density at radius 2 is 2.00 bits per heavy atom. The molecule has 1 amide bonds. The van der Waals surface area contributed by atoms with Crippen molar-refractivity contribution in [2.24, 2.45) is 0 Å². The Labute approximate surface area is 166 Å². The Morgan fingerprint density at radius 3 is 2.79 bits per heavy atom. The van der Waals surface area contributed by atoms with E-state index in [4.69, 9.17) is 4.98 Å². The van der Waals surface area contributed by atoms with Crippen LogP contribution in [0.15, 0.2) is 24.8 Å². The van der Waals surface area contributed by atoms with E-state index in [0.29, 0.717) is 18.4 Å². The molecule has 0 aromatic carbocycles. The van der Waals surface area contributed by atoms with Crippen molar-refractivity contribution in [3.63, 3.8) is 0 Å². The molecule has 2 fully saturated rings. The Hall–Kier alpha value is -2.28. The van der Waals surface area contributed by atoms with Crippen LogP contribution in [-0.2, 0) is 4.79 Å². The second kappa shape index (κ2) is 8.39. The summed E-state index contributed by atoms with van der Waals surface area (Å²) in [5, 5.41) is 0. The molecule has 2 aromatic rings. The zero-order chi connectivity index (χ0) is 19.5. The van der Waals surface area contributed by atoms with E-state index in [9.17, 15) is 4.79 Å². The molecule has 1 atom stereocenters. The molecule has 2 aliphatic rings. The average Bonchev–Trinajstić information content (AvgIpc) is 3.40. The van der Waals surface area contributed by atoms with Crippen LogP contribution in [0.5, 0.6) is 0 Å². The van der Waals surface area contributed by atoms with Gasteiger partial charge in [-0.3, -0.25) is 19.2 Å². The molecule has 0 unspecified atom stereocenters. The maximum atomic E-state index is 12.5. The third kappa shape index (κ3) is 4.09. The summed E-state index contributed by atoms with van der Waals surface area (Å²) in [6.07, 6.45) is 11.9. The summed E-state index contributed by atoms with van der Waals surface area (Å²) in [6.45, 7) is 8.50. The SMILES string of the molecule is CC(C)c1nccn1-c1cncc([C@@H]2CCCN(CC(=O)N3CCCC3)C2)n1. The Morgan fingerprint density at radius 1 is 1.18 bits per heavy atom. The van der Waals surface area contributed by atoms with Crippen LogP contribution in [0, 0.1) is 0 Å². The van der Waals surface area contributed by atoms with Gasteiger partial charge in [-0.1, -0.05) is 13.8 Å². The predicted octanol–water partition coefficient (Wildman–Crippen LogP) is 2.59. The molecule has 2 aromatic heterocycles. The molecule has 7 heteroatoms. The number of nitrogens with zero attached hydrogens (tertiary/aromatic N) is 6. The number of piperidine rings is 1. The second-order valence-corrected chi connectivity index (χ2v) is 8.27. The summed E-state index contributed by atoms with van der Waals surface area (Å²) < 4.78 is 2.03. The monoisotopic (exact) mass is 382 g/mol. The highest BCUT2D eigenvalue weighted by atomic mass is 16.2. The molecular formula is C21H30N6O. The van der Waals surface area contributed by atoms with E-state index in [0.717, 1.165) is 69.2 Å². The molecule has 0 saturated carbocycles. The molecule has 150 valence electrons. The molecule has 0 bridgehead atoms. The van der Waals surface area contributed by atoms with Gasteiger partial charge >= 0.3 is 0 Å². The van der Waals surface area contributed by atoms with Crippen molar-refractivity contribution < 1.29 is 4.79 Å². The van der Waals surface area contributed by atoms with E-state index in [1.807, 2.05) is 28.1 Å². The van der Waals surface area contributed by atoms with Crippen LogP contribution >= 0.6 is 0 Å². The van der Waals surface area contributed by atoms with E-state index in [2.05, 4.69) is 28.7 Å². The van der Waals surface area contributed by atoms with Gasteiger partial charge < -0.3 is 4.90 Å². The molecule has 0 spiro atoms. The van der Waals surface area contributed by atoms with Crippen molar-refractivity contribution in [2.75, 3.05) is 32.7 Å². The smallest absolute Gasteiger partial charge is 0.236 e. The molecule has 4 rings (SSSR count).